The van der Waals surface area contributed by atoms with E-state index < -0.39 is 22.8 Å². The molecule has 2 aromatic rings. The average Bonchev–Trinajstić information content (AvgIpc) is 3.27. The largest absolute Gasteiger partial charge is 0.356 e. The number of carbonyl (C=O) groups is 2. The second-order valence-electron chi connectivity index (χ2n) is 6.52. The van der Waals surface area contributed by atoms with Crippen molar-refractivity contribution in [1.82, 2.24) is 10.4 Å². The summed E-state index contributed by atoms with van der Waals surface area (Å²) in [6.07, 6.45) is 0.667. The van der Waals surface area contributed by atoms with Gasteiger partial charge in [-0.2, -0.15) is 11.3 Å². The SMILES string of the molecule is CCOCOCCC[C@H](NC(=O)c1ccc([N+](=O)[O-])cc1)C(=O)N(O)Cc1ccsc1. The van der Waals surface area contributed by atoms with Crippen LogP contribution in [0.25, 0.3) is 0 Å². The van der Waals surface area contributed by atoms with Crippen LogP contribution in [0, 0.1) is 10.1 Å². The molecule has 1 aromatic carbocycles. The van der Waals surface area contributed by atoms with E-state index in [9.17, 15) is 24.9 Å². The Bertz CT molecular complexity index is 843. The summed E-state index contributed by atoms with van der Waals surface area (Å²) in [7, 11) is 0. The van der Waals surface area contributed by atoms with Gasteiger partial charge in [0, 0.05) is 30.9 Å². The number of amides is 2. The normalized spacial score (nSPS) is 11.7. The second-order valence-corrected chi connectivity index (χ2v) is 7.30. The molecule has 2 rings (SSSR count). The van der Waals surface area contributed by atoms with Crippen LogP contribution in [-0.2, 0) is 20.8 Å². The van der Waals surface area contributed by atoms with Gasteiger partial charge in [0.25, 0.3) is 17.5 Å². The molecule has 0 aliphatic carbocycles. The Hall–Kier alpha value is -2.86. The minimum Gasteiger partial charge on any atom is -0.356 e. The molecular formula is C20H25N3O7S. The van der Waals surface area contributed by atoms with Crippen molar-refractivity contribution in [3.05, 3.63) is 62.3 Å². The number of thiophene rings is 1. The highest BCUT2D eigenvalue weighted by molar-refractivity contribution is 7.07. The standard InChI is InChI=1S/C20H25N3O7S/c1-2-29-14-30-10-3-4-18(20(25)22(26)12-15-9-11-31-13-15)21-19(24)16-5-7-17(8-6-16)23(27)28/h5-9,11,13,18,26H,2-4,10,12,14H2,1H3,(H,21,24)/t18-/m0/s1. The van der Waals surface area contributed by atoms with Crippen molar-refractivity contribution in [2.24, 2.45) is 0 Å². The van der Waals surface area contributed by atoms with Gasteiger partial charge in [0.1, 0.15) is 12.8 Å². The lowest BCUT2D eigenvalue weighted by Crippen LogP contribution is -2.47. The van der Waals surface area contributed by atoms with E-state index in [1.54, 1.807) is 6.07 Å². The molecule has 1 heterocycles. The van der Waals surface area contributed by atoms with E-state index in [1.165, 1.54) is 35.6 Å². The van der Waals surface area contributed by atoms with Crippen molar-refractivity contribution in [2.75, 3.05) is 20.0 Å². The van der Waals surface area contributed by atoms with Crippen LogP contribution in [0.4, 0.5) is 5.69 Å². The molecule has 0 saturated heterocycles. The van der Waals surface area contributed by atoms with Crippen LogP contribution in [0.3, 0.4) is 0 Å². The Morgan fingerprint density at radius 3 is 2.61 bits per heavy atom. The fraction of sp³-hybridized carbons (Fsp3) is 0.400. The highest BCUT2D eigenvalue weighted by Crippen LogP contribution is 2.14. The topological polar surface area (TPSA) is 131 Å². The first-order valence-electron chi connectivity index (χ1n) is 9.64. The number of nitrogens with zero attached hydrogens (tertiary/aromatic N) is 2. The Morgan fingerprint density at radius 1 is 1.26 bits per heavy atom. The number of non-ortho nitro benzene ring substituents is 1. The van der Waals surface area contributed by atoms with Gasteiger partial charge in [0.2, 0.25) is 0 Å². The number of nitrogens with one attached hydrogen (secondary N) is 1. The minimum absolute atomic E-state index is 0.00687. The van der Waals surface area contributed by atoms with E-state index >= 15 is 0 Å². The van der Waals surface area contributed by atoms with Crippen molar-refractivity contribution < 1.29 is 29.2 Å². The van der Waals surface area contributed by atoms with Crippen LogP contribution >= 0.6 is 11.3 Å². The smallest absolute Gasteiger partial charge is 0.269 e. The molecule has 2 amide bonds. The van der Waals surface area contributed by atoms with Gasteiger partial charge < -0.3 is 14.8 Å². The number of hydroxylamine groups is 2. The highest BCUT2D eigenvalue weighted by atomic mass is 32.1. The Balaban J connectivity index is 2.01. The van der Waals surface area contributed by atoms with Gasteiger partial charge in [-0.15, -0.1) is 0 Å². The fourth-order valence-electron chi connectivity index (χ4n) is 2.64. The molecule has 0 saturated carbocycles. The zero-order valence-corrected chi connectivity index (χ0v) is 17.9. The molecule has 0 aliphatic heterocycles. The van der Waals surface area contributed by atoms with E-state index in [1.807, 2.05) is 17.7 Å². The summed E-state index contributed by atoms with van der Waals surface area (Å²) in [4.78, 5) is 35.5. The lowest BCUT2D eigenvalue weighted by molar-refractivity contribution is -0.384. The van der Waals surface area contributed by atoms with Gasteiger partial charge in [0.05, 0.1) is 11.5 Å². The Labute approximate surface area is 183 Å². The summed E-state index contributed by atoms with van der Waals surface area (Å²) in [5.74, 6) is -1.24. The summed E-state index contributed by atoms with van der Waals surface area (Å²) in [6, 6.07) is 5.82. The van der Waals surface area contributed by atoms with Crippen molar-refractivity contribution in [2.45, 2.75) is 32.4 Å². The zero-order chi connectivity index (χ0) is 22.6. The first-order valence-corrected chi connectivity index (χ1v) is 10.6. The molecule has 168 valence electrons. The minimum atomic E-state index is -0.998. The maximum atomic E-state index is 12.8. The number of hydrogen-bond donors (Lipinski definition) is 2. The zero-order valence-electron chi connectivity index (χ0n) is 17.1. The summed E-state index contributed by atoms with van der Waals surface area (Å²) < 4.78 is 10.4. The monoisotopic (exact) mass is 451 g/mol. The third-order valence-electron chi connectivity index (χ3n) is 4.26. The number of carbonyl (C=O) groups excluding carboxylic acids is 2. The van der Waals surface area contributed by atoms with Gasteiger partial charge in [-0.25, -0.2) is 5.06 Å². The highest BCUT2D eigenvalue weighted by Gasteiger charge is 2.26. The van der Waals surface area contributed by atoms with Gasteiger partial charge in [-0.05, 0) is 54.3 Å². The van der Waals surface area contributed by atoms with Crippen LogP contribution in [0.2, 0.25) is 0 Å². The van der Waals surface area contributed by atoms with Crippen molar-refractivity contribution in [3.8, 4) is 0 Å². The molecule has 1 aromatic heterocycles. The van der Waals surface area contributed by atoms with Crippen molar-refractivity contribution >= 4 is 28.8 Å². The number of nitro benzene ring substituents is 1. The summed E-state index contributed by atoms with van der Waals surface area (Å²) in [6.45, 7) is 2.80. The molecule has 0 radical (unpaired) electrons. The fourth-order valence-corrected chi connectivity index (χ4v) is 3.30. The predicted octanol–water partition coefficient (Wildman–Crippen LogP) is 2.96. The quantitative estimate of drug-likeness (QED) is 0.157. The lowest BCUT2D eigenvalue weighted by Gasteiger charge is -2.23. The first kappa shape index (κ1) is 24.4. The second kappa shape index (κ2) is 12.7. The molecular weight excluding hydrogens is 426 g/mol. The summed E-state index contributed by atoms with van der Waals surface area (Å²) in [5, 5.41) is 27.8. The molecule has 0 bridgehead atoms. The molecule has 0 spiro atoms. The molecule has 2 N–H and O–H groups in total. The van der Waals surface area contributed by atoms with Crippen LogP contribution in [0.15, 0.2) is 41.1 Å². The molecule has 0 unspecified atom stereocenters. The van der Waals surface area contributed by atoms with Crippen LogP contribution in [0.5, 0.6) is 0 Å². The number of benzene rings is 1. The molecule has 0 fully saturated rings. The van der Waals surface area contributed by atoms with Crippen molar-refractivity contribution in [1.29, 1.82) is 0 Å². The van der Waals surface area contributed by atoms with Gasteiger partial charge in [-0.1, -0.05) is 0 Å². The molecule has 11 heteroatoms. The van der Waals surface area contributed by atoms with E-state index in [0.717, 1.165) is 5.56 Å². The molecule has 0 aliphatic rings. The maximum absolute atomic E-state index is 12.8. The third-order valence-corrected chi connectivity index (χ3v) is 4.99. The summed E-state index contributed by atoms with van der Waals surface area (Å²) >= 11 is 1.44. The number of rotatable bonds is 13. The van der Waals surface area contributed by atoms with Crippen LogP contribution in [0.1, 0.15) is 35.7 Å². The Morgan fingerprint density at radius 2 is 2.00 bits per heavy atom. The summed E-state index contributed by atoms with van der Waals surface area (Å²) in [5.41, 5.74) is 0.785. The predicted molar refractivity (Wildman–Crippen MR) is 113 cm³/mol. The van der Waals surface area contributed by atoms with E-state index in [-0.39, 0.29) is 31.0 Å². The van der Waals surface area contributed by atoms with E-state index in [0.29, 0.717) is 24.7 Å². The molecule has 1 atom stereocenters. The van der Waals surface area contributed by atoms with Gasteiger partial charge in [0.15, 0.2) is 0 Å². The maximum Gasteiger partial charge on any atom is 0.269 e. The third kappa shape index (κ3) is 8.06. The van der Waals surface area contributed by atoms with Crippen molar-refractivity contribution in [3.63, 3.8) is 0 Å². The first-order chi connectivity index (χ1) is 14.9. The number of ether oxygens (including phenoxy) is 2. The number of nitro groups is 1. The van der Waals surface area contributed by atoms with Gasteiger partial charge >= 0.3 is 0 Å². The van der Waals surface area contributed by atoms with E-state index in [2.05, 4.69) is 5.32 Å². The van der Waals surface area contributed by atoms with E-state index in [4.69, 9.17) is 9.47 Å². The van der Waals surface area contributed by atoms with Crippen LogP contribution < -0.4 is 5.32 Å². The van der Waals surface area contributed by atoms with Crippen LogP contribution in [-0.4, -0.2) is 53.1 Å². The van der Waals surface area contributed by atoms with Gasteiger partial charge in [-0.3, -0.25) is 24.9 Å². The lowest BCUT2D eigenvalue weighted by atomic mass is 10.1. The molecule has 10 nitrogen and oxygen atoms in total. The average molecular weight is 452 g/mol. The molecule has 31 heavy (non-hydrogen) atoms. The Kier molecular flexibility index (Phi) is 10.0. The number of hydrogen-bond acceptors (Lipinski definition) is 8.